The van der Waals surface area contributed by atoms with Gasteiger partial charge in [0.2, 0.25) is 10.0 Å². The van der Waals surface area contributed by atoms with Crippen molar-refractivity contribution in [3.8, 4) is 0 Å². The van der Waals surface area contributed by atoms with Crippen LogP contribution in [0.25, 0.3) is 0 Å². The Morgan fingerprint density at radius 1 is 0.909 bits per heavy atom. The molecule has 0 bridgehead atoms. The first-order valence-electron chi connectivity index (χ1n) is 11.2. The maximum atomic E-state index is 13.3. The molecule has 0 spiro atoms. The average molecular weight is 473 g/mol. The van der Waals surface area contributed by atoms with Gasteiger partial charge in [-0.05, 0) is 49.6 Å². The molecule has 0 radical (unpaired) electrons. The molecule has 2 aliphatic heterocycles. The summed E-state index contributed by atoms with van der Waals surface area (Å²) in [6, 6.07) is 11.2. The number of benzene rings is 2. The first-order chi connectivity index (χ1) is 15.8. The Hall–Kier alpha value is -2.98. The second-order valence-electron chi connectivity index (χ2n) is 8.49. The van der Waals surface area contributed by atoms with Crippen molar-refractivity contribution in [3.05, 3.63) is 63.7 Å². The molecule has 176 valence electrons. The standard InChI is InChI=1S/C23H28N4O5S/c1-18-5-10-21(33(31,32)26-11-3-2-4-12-26)17-22(18)23(28)25-15-13-24(14-16-25)19-6-8-20(9-7-19)27(29)30/h5-10,17H,2-4,11-16H2,1H3. The summed E-state index contributed by atoms with van der Waals surface area (Å²) >= 11 is 0. The summed E-state index contributed by atoms with van der Waals surface area (Å²) in [5.41, 5.74) is 2.08. The van der Waals surface area contributed by atoms with Gasteiger partial charge in [-0.2, -0.15) is 4.31 Å². The maximum absolute atomic E-state index is 13.3. The highest BCUT2D eigenvalue weighted by atomic mass is 32.2. The number of piperazine rings is 1. The van der Waals surface area contributed by atoms with Crippen molar-refractivity contribution in [2.24, 2.45) is 0 Å². The minimum Gasteiger partial charge on any atom is -0.368 e. The summed E-state index contributed by atoms with van der Waals surface area (Å²) in [6.07, 6.45) is 2.75. The number of anilines is 1. The molecule has 2 heterocycles. The highest BCUT2D eigenvalue weighted by molar-refractivity contribution is 7.89. The van der Waals surface area contributed by atoms with Gasteiger partial charge >= 0.3 is 0 Å². The zero-order valence-corrected chi connectivity index (χ0v) is 19.5. The molecule has 2 aliphatic rings. The average Bonchev–Trinajstić information content (AvgIpc) is 2.84. The Morgan fingerprint density at radius 2 is 1.55 bits per heavy atom. The zero-order chi connectivity index (χ0) is 23.6. The number of nitro benzene ring substituents is 1. The number of aryl methyl sites for hydroxylation is 1. The molecule has 0 unspecified atom stereocenters. The van der Waals surface area contributed by atoms with Crippen LogP contribution >= 0.6 is 0 Å². The molecule has 33 heavy (non-hydrogen) atoms. The van der Waals surface area contributed by atoms with Crippen molar-refractivity contribution in [2.75, 3.05) is 44.2 Å². The fourth-order valence-corrected chi connectivity index (χ4v) is 5.91. The second kappa shape index (κ2) is 9.48. The lowest BCUT2D eigenvalue weighted by Crippen LogP contribution is -2.49. The topological polar surface area (TPSA) is 104 Å². The lowest BCUT2D eigenvalue weighted by atomic mass is 10.1. The predicted octanol–water partition coefficient (Wildman–Crippen LogP) is 3.04. The summed E-state index contributed by atoms with van der Waals surface area (Å²) in [6.45, 7) is 5.01. The summed E-state index contributed by atoms with van der Waals surface area (Å²) in [4.78, 5) is 27.7. The maximum Gasteiger partial charge on any atom is 0.269 e. The van der Waals surface area contributed by atoms with E-state index in [0.717, 1.165) is 30.5 Å². The quantitative estimate of drug-likeness (QED) is 0.489. The minimum atomic E-state index is -3.61. The van der Waals surface area contributed by atoms with Gasteiger partial charge in [-0.1, -0.05) is 12.5 Å². The summed E-state index contributed by atoms with van der Waals surface area (Å²) < 4.78 is 27.6. The van der Waals surface area contributed by atoms with Gasteiger partial charge < -0.3 is 9.80 Å². The summed E-state index contributed by atoms with van der Waals surface area (Å²) in [5.74, 6) is -0.174. The third kappa shape index (κ3) is 4.86. The Kier molecular flexibility index (Phi) is 6.66. The van der Waals surface area contributed by atoms with Gasteiger partial charge in [-0.3, -0.25) is 14.9 Å². The van der Waals surface area contributed by atoms with Crippen LogP contribution < -0.4 is 4.90 Å². The number of hydrogen-bond donors (Lipinski definition) is 0. The summed E-state index contributed by atoms with van der Waals surface area (Å²) in [5, 5.41) is 10.9. The van der Waals surface area contributed by atoms with E-state index in [9.17, 15) is 23.3 Å². The fourth-order valence-electron chi connectivity index (χ4n) is 4.37. The molecule has 1 amide bonds. The molecular formula is C23H28N4O5S. The molecule has 2 aromatic carbocycles. The first-order valence-corrected chi connectivity index (χ1v) is 12.6. The smallest absolute Gasteiger partial charge is 0.269 e. The van der Waals surface area contributed by atoms with Crippen molar-refractivity contribution >= 4 is 27.3 Å². The molecule has 0 N–H and O–H groups in total. The molecular weight excluding hydrogens is 444 g/mol. The van der Waals surface area contributed by atoms with Crippen molar-refractivity contribution in [1.29, 1.82) is 0 Å². The summed E-state index contributed by atoms with van der Waals surface area (Å²) in [7, 11) is -3.61. The van der Waals surface area contributed by atoms with E-state index in [4.69, 9.17) is 0 Å². The molecule has 0 saturated carbocycles. The normalized spacial score (nSPS) is 17.7. The monoisotopic (exact) mass is 472 g/mol. The van der Waals surface area contributed by atoms with Crippen molar-refractivity contribution in [3.63, 3.8) is 0 Å². The van der Waals surface area contributed by atoms with E-state index in [2.05, 4.69) is 4.90 Å². The molecule has 4 rings (SSSR count). The van der Waals surface area contributed by atoms with Gasteiger partial charge in [0.05, 0.1) is 9.82 Å². The van der Waals surface area contributed by atoms with Crippen LogP contribution in [0.1, 0.15) is 35.2 Å². The van der Waals surface area contributed by atoms with Gasteiger partial charge in [0, 0.05) is 62.7 Å². The number of carbonyl (C=O) groups is 1. The number of piperidine rings is 1. The number of rotatable bonds is 5. The SMILES string of the molecule is Cc1ccc(S(=O)(=O)N2CCCCC2)cc1C(=O)N1CCN(c2ccc([N+](=O)[O-])cc2)CC1. The van der Waals surface area contributed by atoms with E-state index in [-0.39, 0.29) is 16.5 Å². The lowest BCUT2D eigenvalue weighted by molar-refractivity contribution is -0.384. The van der Waals surface area contributed by atoms with Crippen LogP contribution in [-0.2, 0) is 10.0 Å². The van der Waals surface area contributed by atoms with Crippen LogP contribution in [0.5, 0.6) is 0 Å². The van der Waals surface area contributed by atoms with Gasteiger partial charge in [-0.15, -0.1) is 0 Å². The first kappa shape index (κ1) is 23.2. The van der Waals surface area contributed by atoms with Crippen LogP contribution in [0, 0.1) is 17.0 Å². The number of nitro groups is 1. The predicted molar refractivity (Wildman–Crippen MR) is 125 cm³/mol. The van der Waals surface area contributed by atoms with Gasteiger partial charge in [-0.25, -0.2) is 8.42 Å². The van der Waals surface area contributed by atoms with Crippen molar-refractivity contribution < 1.29 is 18.1 Å². The number of nitrogens with zero attached hydrogens (tertiary/aromatic N) is 4. The fraction of sp³-hybridized carbons (Fsp3) is 0.435. The molecule has 0 aliphatic carbocycles. The highest BCUT2D eigenvalue weighted by Gasteiger charge is 2.29. The van der Waals surface area contributed by atoms with E-state index >= 15 is 0 Å². The largest absolute Gasteiger partial charge is 0.368 e. The Bertz CT molecular complexity index is 1140. The number of non-ortho nitro benzene ring substituents is 1. The second-order valence-corrected chi connectivity index (χ2v) is 10.4. The lowest BCUT2D eigenvalue weighted by Gasteiger charge is -2.36. The molecule has 2 saturated heterocycles. The number of sulfonamides is 1. The molecule has 0 atom stereocenters. The molecule has 2 aromatic rings. The zero-order valence-electron chi connectivity index (χ0n) is 18.6. The van der Waals surface area contributed by atoms with E-state index in [1.807, 2.05) is 6.92 Å². The van der Waals surface area contributed by atoms with Crippen molar-refractivity contribution in [2.45, 2.75) is 31.1 Å². The van der Waals surface area contributed by atoms with Crippen LogP contribution in [0.3, 0.4) is 0 Å². The van der Waals surface area contributed by atoms with Crippen molar-refractivity contribution in [1.82, 2.24) is 9.21 Å². The highest BCUT2D eigenvalue weighted by Crippen LogP contribution is 2.25. The minimum absolute atomic E-state index is 0.0439. The van der Waals surface area contributed by atoms with E-state index in [0.29, 0.717) is 44.8 Å². The number of amides is 1. The molecule has 2 fully saturated rings. The molecule has 10 heteroatoms. The van der Waals surface area contributed by atoms with Gasteiger partial charge in [0.25, 0.3) is 11.6 Å². The molecule has 0 aromatic heterocycles. The van der Waals surface area contributed by atoms with E-state index in [1.54, 1.807) is 29.2 Å². The Balaban J connectivity index is 1.46. The van der Waals surface area contributed by atoms with Gasteiger partial charge in [0.15, 0.2) is 0 Å². The van der Waals surface area contributed by atoms with Crippen LogP contribution in [0.15, 0.2) is 47.4 Å². The Morgan fingerprint density at radius 3 is 2.15 bits per heavy atom. The van der Waals surface area contributed by atoms with Crippen LogP contribution in [0.4, 0.5) is 11.4 Å². The number of carbonyl (C=O) groups excluding carboxylic acids is 1. The molecule has 9 nitrogen and oxygen atoms in total. The number of hydrogen-bond acceptors (Lipinski definition) is 6. The van der Waals surface area contributed by atoms with Gasteiger partial charge in [0.1, 0.15) is 0 Å². The van der Waals surface area contributed by atoms with Crippen LogP contribution in [-0.4, -0.2) is 67.7 Å². The Labute approximate surface area is 193 Å². The third-order valence-electron chi connectivity index (χ3n) is 6.38. The van der Waals surface area contributed by atoms with E-state index in [1.165, 1.54) is 22.5 Å². The third-order valence-corrected chi connectivity index (χ3v) is 8.28. The van der Waals surface area contributed by atoms with E-state index < -0.39 is 14.9 Å². The van der Waals surface area contributed by atoms with Crippen LogP contribution in [0.2, 0.25) is 0 Å².